The van der Waals surface area contributed by atoms with Crippen molar-refractivity contribution < 1.29 is 9.18 Å². The van der Waals surface area contributed by atoms with E-state index in [1.54, 1.807) is 6.07 Å². The van der Waals surface area contributed by atoms with E-state index in [0.29, 0.717) is 37.0 Å². The maximum absolute atomic E-state index is 13.2. The van der Waals surface area contributed by atoms with Gasteiger partial charge in [-0.1, -0.05) is 0 Å². The number of hydrogen-bond donors (Lipinski definition) is 0. The summed E-state index contributed by atoms with van der Waals surface area (Å²) in [6, 6.07) is 6.22. The zero-order valence-electron chi connectivity index (χ0n) is 9.11. The molecule has 0 bridgehead atoms. The van der Waals surface area contributed by atoms with Crippen LogP contribution in [-0.2, 0) is 0 Å². The molecule has 0 aliphatic carbocycles. The van der Waals surface area contributed by atoms with Gasteiger partial charge < -0.3 is 4.90 Å². The van der Waals surface area contributed by atoms with Crippen LogP contribution in [0.15, 0.2) is 18.2 Å². The highest BCUT2D eigenvalue weighted by Crippen LogP contribution is 2.18. The molecule has 0 spiro atoms. The van der Waals surface area contributed by atoms with Crippen LogP contribution < -0.4 is 4.90 Å². The van der Waals surface area contributed by atoms with Crippen molar-refractivity contribution in [2.24, 2.45) is 0 Å². The van der Waals surface area contributed by atoms with Gasteiger partial charge in [-0.05, 0) is 25.1 Å². The van der Waals surface area contributed by atoms with Crippen molar-refractivity contribution >= 4 is 12.0 Å². The highest BCUT2D eigenvalue weighted by atomic mass is 19.1. The Hall–Kier alpha value is -1.89. The number of hydrogen-bond acceptors (Lipinski definition) is 3. The minimum Gasteiger partial charge on any atom is -0.371 e. The highest BCUT2D eigenvalue weighted by molar-refractivity contribution is 5.77. The van der Waals surface area contributed by atoms with Crippen molar-refractivity contribution in [1.82, 2.24) is 0 Å². The molecule has 16 heavy (non-hydrogen) atoms. The molecule has 0 atom stereocenters. The van der Waals surface area contributed by atoms with E-state index in [1.165, 1.54) is 12.1 Å². The molecule has 84 valence electrons. The molecule has 0 aromatic heterocycles. The zero-order valence-corrected chi connectivity index (χ0v) is 9.11. The monoisotopic (exact) mass is 220 g/mol. The average molecular weight is 220 g/mol. The number of anilines is 1. The minimum absolute atomic E-state index is 0.311. The lowest BCUT2D eigenvalue weighted by molar-refractivity contribution is 0.112. The molecule has 0 heterocycles. The number of benzene rings is 1. The van der Waals surface area contributed by atoms with E-state index in [2.05, 4.69) is 0 Å². The van der Waals surface area contributed by atoms with Crippen LogP contribution in [0.4, 0.5) is 10.1 Å². The maximum atomic E-state index is 13.2. The normalized spacial score (nSPS) is 9.56. The first-order chi connectivity index (χ1) is 7.71. The van der Waals surface area contributed by atoms with E-state index in [-0.39, 0.29) is 0 Å². The topological polar surface area (TPSA) is 44.1 Å². The van der Waals surface area contributed by atoms with Crippen molar-refractivity contribution in [2.45, 2.75) is 13.3 Å². The van der Waals surface area contributed by atoms with Crippen LogP contribution in [0.1, 0.15) is 23.7 Å². The molecule has 3 nitrogen and oxygen atoms in total. The highest BCUT2D eigenvalue weighted by Gasteiger charge is 2.07. The zero-order chi connectivity index (χ0) is 12.0. The Balaban J connectivity index is 2.95. The Kier molecular flexibility index (Phi) is 4.46. The summed E-state index contributed by atoms with van der Waals surface area (Å²) in [5, 5.41) is 8.51. The van der Waals surface area contributed by atoms with Gasteiger partial charge >= 0.3 is 0 Å². The van der Waals surface area contributed by atoms with Crippen LogP contribution >= 0.6 is 0 Å². The molecule has 0 amide bonds. The lowest BCUT2D eigenvalue weighted by Crippen LogP contribution is -2.23. The average Bonchev–Trinajstić information content (AvgIpc) is 2.29. The third-order valence-corrected chi connectivity index (χ3v) is 2.28. The molecular formula is C12H13FN2O. The van der Waals surface area contributed by atoms with Gasteiger partial charge in [0.2, 0.25) is 0 Å². The second-order valence-electron chi connectivity index (χ2n) is 3.35. The summed E-state index contributed by atoms with van der Waals surface area (Å²) in [7, 11) is 0. The lowest BCUT2D eigenvalue weighted by Gasteiger charge is -2.22. The molecule has 0 fully saturated rings. The van der Waals surface area contributed by atoms with E-state index in [1.807, 2.05) is 17.9 Å². The summed E-state index contributed by atoms with van der Waals surface area (Å²) < 4.78 is 13.2. The van der Waals surface area contributed by atoms with Gasteiger partial charge in [-0.15, -0.1) is 0 Å². The van der Waals surface area contributed by atoms with E-state index in [4.69, 9.17) is 5.26 Å². The number of rotatable bonds is 5. The summed E-state index contributed by atoms with van der Waals surface area (Å²) >= 11 is 0. The van der Waals surface area contributed by atoms with E-state index >= 15 is 0 Å². The Bertz CT molecular complexity index is 412. The first-order valence-electron chi connectivity index (χ1n) is 5.09. The van der Waals surface area contributed by atoms with E-state index < -0.39 is 5.82 Å². The number of nitriles is 1. The number of aldehydes is 1. The van der Waals surface area contributed by atoms with Gasteiger partial charge in [0.05, 0.1) is 12.5 Å². The quantitative estimate of drug-likeness (QED) is 0.715. The molecule has 0 aliphatic heterocycles. The lowest BCUT2D eigenvalue weighted by atomic mass is 10.2. The first-order valence-corrected chi connectivity index (χ1v) is 5.09. The largest absolute Gasteiger partial charge is 0.371 e. The van der Waals surface area contributed by atoms with Crippen molar-refractivity contribution in [3.63, 3.8) is 0 Å². The third-order valence-electron chi connectivity index (χ3n) is 2.28. The maximum Gasteiger partial charge on any atom is 0.150 e. The van der Waals surface area contributed by atoms with Crippen molar-refractivity contribution in [2.75, 3.05) is 18.0 Å². The number of halogens is 1. The van der Waals surface area contributed by atoms with Gasteiger partial charge in [0, 0.05) is 24.3 Å². The Morgan fingerprint density at radius 2 is 2.25 bits per heavy atom. The molecule has 1 aromatic rings. The SMILES string of the molecule is CCN(CCC#N)c1cc(F)cc(C=O)c1. The second-order valence-corrected chi connectivity index (χ2v) is 3.35. The predicted octanol–water partition coefficient (Wildman–Crippen LogP) is 2.38. The fraction of sp³-hybridized carbons (Fsp3) is 0.333. The van der Waals surface area contributed by atoms with Gasteiger partial charge in [0.25, 0.3) is 0 Å². The summed E-state index contributed by atoms with van der Waals surface area (Å²) in [6.45, 7) is 3.13. The molecule has 0 radical (unpaired) electrons. The molecule has 0 N–H and O–H groups in total. The van der Waals surface area contributed by atoms with Crippen LogP contribution in [-0.4, -0.2) is 19.4 Å². The van der Waals surface area contributed by atoms with Gasteiger partial charge in [-0.3, -0.25) is 4.79 Å². The summed E-state index contributed by atoms with van der Waals surface area (Å²) in [4.78, 5) is 12.5. The Labute approximate surface area is 94.1 Å². The molecular weight excluding hydrogens is 207 g/mol. The van der Waals surface area contributed by atoms with Gasteiger partial charge in [0.15, 0.2) is 0 Å². The number of carbonyl (C=O) groups excluding carboxylic acids is 1. The fourth-order valence-corrected chi connectivity index (χ4v) is 1.50. The van der Waals surface area contributed by atoms with Gasteiger partial charge in [0.1, 0.15) is 12.1 Å². The summed E-state index contributed by atoms with van der Waals surface area (Å²) in [5.41, 5.74) is 0.949. The molecule has 0 saturated heterocycles. The van der Waals surface area contributed by atoms with Crippen LogP contribution in [0.5, 0.6) is 0 Å². The Morgan fingerprint density at radius 1 is 1.50 bits per heavy atom. The predicted molar refractivity (Wildman–Crippen MR) is 59.9 cm³/mol. The first kappa shape index (κ1) is 12.2. The minimum atomic E-state index is -0.435. The van der Waals surface area contributed by atoms with Crippen LogP contribution in [0.25, 0.3) is 0 Å². The third kappa shape index (κ3) is 3.06. The Morgan fingerprint density at radius 3 is 2.81 bits per heavy atom. The molecule has 1 rings (SSSR count). The standard InChI is InChI=1S/C12H13FN2O/c1-2-15(5-3-4-14)12-7-10(9-16)6-11(13)8-12/h6-9H,2-3,5H2,1H3. The fourth-order valence-electron chi connectivity index (χ4n) is 1.50. The summed E-state index contributed by atoms with van der Waals surface area (Å²) in [6.07, 6.45) is 0.992. The van der Waals surface area contributed by atoms with Crippen molar-refractivity contribution in [3.05, 3.63) is 29.6 Å². The second kappa shape index (κ2) is 5.86. The number of nitrogens with zero attached hydrogens (tertiary/aromatic N) is 2. The van der Waals surface area contributed by atoms with Crippen LogP contribution in [0.2, 0.25) is 0 Å². The molecule has 0 saturated carbocycles. The van der Waals surface area contributed by atoms with Crippen molar-refractivity contribution in [3.8, 4) is 6.07 Å². The van der Waals surface area contributed by atoms with Crippen LogP contribution in [0, 0.1) is 17.1 Å². The molecule has 0 aliphatic rings. The van der Waals surface area contributed by atoms with E-state index in [0.717, 1.165) is 0 Å². The van der Waals surface area contributed by atoms with Gasteiger partial charge in [-0.25, -0.2) is 4.39 Å². The summed E-state index contributed by atoms with van der Waals surface area (Å²) in [5.74, 6) is -0.435. The van der Waals surface area contributed by atoms with Gasteiger partial charge in [-0.2, -0.15) is 5.26 Å². The van der Waals surface area contributed by atoms with Crippen molar-refractivity contribution in [1.29, 1.82) is 5.26 Å². The molecule has 0 unspecified atom stereocenters. The number of carbonyl (C=O) groups is 1. The van der Waals surface area contributed by atoms with Crippen LogP contribution in [0.3, 0.4) is 0 Å². The van der Waals surface area contributed by atoms with E-state index in [9.17, 15) is 9.18 Å². The molecule has 4 heteroatoms. The molecule has 1 aromatic carbocycles. The smallest absolute Gasteiger partial charge is 0.150 e.